The SMILES string of the molecule is CC.CCN1CCC[C@@H](C)C1. The summed E-state index contributed by atoms with van der Waals surface area (Å²) in [5.74, 6) is 0.943. The van der Waals surface area contributed by atoms with E-state index >= 15 is 0 Å². The van der Waals surface area contributed by atoms with E-state index in [4.69, 9.17) is 0 Å². The van der Waals surface area contributed by atoms with Crippen LogP contribution in [-0.2, 0) is 0 Å². The van der Waals surface area contributed by atoms with E-state index in [-0.39, 0.29) is 0 Å². The predicted molar refractivity (Wildman–Crippen MR) is 51.9 cm³/mol. The number of nitrogens with zero attached hydrogens (tertiary/aromatic N) is 1. The third-order valence-corrected chi connectivity index (χ3v) is 2.19. The zero-order valence-corrected chi connectivity index (χ0v) is 8.56. The van der Waals surface area contributed by atoms with Crippen molar-refractivity contribution in [2.24, 2.45) is 5.92 Å². The van der Waals surface area contributed by atoms with Crippen molar-refractivity contribution in [1.82, 2.24) is 4.90 Å². The highest BCUT2D eigenvalue weighted by Crippen LogP contribution is 2.14. The van der Waals surface area contributed by atoms with Gasteiger partial charge in [0.05, 0.1) is 0 Å². The molecule has 1 atom stereocenters. The second-order valence-corrected chi connectivity index (χ2v) is 3.14. The smallest absolute Gasteiger partial charge is 0.000691 e. The van der Waals surface area contributed by atoms with Crippen LogP contribution >= 0.6 is 0 Å². The van der Waals surface area contributed by atoms with Gasteiger partial charge >= 0.3 is 0 Å². The van der Waals surface area contributed by atoms with Gasteiger partial charge in [-0.25, -0.2) is 0 Å². The molecule has 1 nitrogen and oxygen atoms in total. The normalized spacial score (nSPS) is 25.6. The van der Waals surface area contributed by atoms with Gasteiger partial charge in [-0.3, -0.25) is 0 Å². The maximum absolute atomic E-state index is 2.54. The Balaban J connectivity index is 0.000000461. The summed E-state index contributed by atoms with van der Waals surface area (Å²) >= 11 is 0. The van der Waals surface area contributed by atoms with Gasteiger partial charge in [-0.2, -0.15) is 0 Å². The molecule has 1 aliphatic rings. The summed E-state index contributed by atoms with van der Waals surface area (Å²) < 4.78 is 0. The summed E-state index contributed by atoms with van der Waals surface area (Å²) in [7, 11) is 0. The lowest BCUT2D eigenvalue weighted by molar-refractivity contribution is 0.192. The number of piperidine rings is 1. The highest BCUT2D eigenvalue weighted by Gasteiger charge is 2.13. The fourth-order valence-electron chi connectivity index (χ4n) is 1.57. The largest absolute Gasteiger partial charge is 0.303 e. The molecule has 0 spiro atoms. The molecule has 0 unspecified atom stereocenters. The van der Waals surface area contributed by atoms with Crippen molar-refractivity contribution in [1.29, 1.82) is 0 Å². The van der Waals surface area contributed by atoms with Crippen LogP contribution in [0.25, 0.3) is 0 Å². The van der Waals surface area contributed by atoms with Crippen molar-refractivity contribution in [3.8, 4) is 0 Å². The summed E-state index contributed by atoms with van der Waals surface area (Å²) in [6.45, 7) is 12.5. The molecule has 1 heteroatoms. The number of hydrogen-bond donors (Lipinski definition) is 0. The van der Waals surface area contributed by atoms with Crippen molar-refractivity contribution in [2.45, 2.75) is 40.5 Å². The molecule has 68 valence electrons. The maximum atomic E-state index is 2.54. The van der Waals surface area contributed by atoms with Crippen molar-refractivity contribution in [2.75, 3.05) is 19.6 Å². The molecule has 0 aliphatic carbocycles. The molecule has 1 heterocycles. The molecule has 0 N–H and O–H groups in total. The Morgan fingerprint density at radius 3 is 2.36 bits per heavy atom. The van der Waals surface area contributed by atoms with Crippen molar-refractivity contribution < 1.29 is 0 Å². The Kier molecular flexibility index (Phi) is 6.63. The first-order chi connectivity index (χ1) is 5.33. The zero-order chi connectivity index (χ0) is 8.69. The average Bonchev–Trinajstić information content (AvgIpc) is 2.08. The highest BCUT2D eigenvalue weighted by molar-refractivity contribution is 4.67. The first-order valence-electron chi connectivity index (χ1n) is 5.05. The van der Waals surface area contributed by atoms with Crippen LogP contribution in [0.1, 0.15) is 40.5 Å². The van der Waals surface area contributed by atoms with Gasteiger partial charge in [0.15, 0.2) is 0 Å². The summed E-state index contributed by atoms with van der Waals surface area (Å²) in [6, 6.07) is 0. The number of likely N-dealkylation sites (tertiary alicyclic amines) is 1. The lowest BCUT2D eigenvalue weighted by atomic mass is 10.0. The minimum atomic E-state index is 0.943. The lowest BCUT2D eigenvalue weighted by Gasteiger charge is -2.29. The quantitative estimate of drug-likeness (QED) is 0.565. The Bertz CT molecular complexity index is 80.9. The van der Waals surface area contributed by atoms with Crippen molar-refractivity contribution in [3.63, 3.8) is 0 Å². The molecule has 0 amide bonds. The molecule has 1 rings (SSSR count). The van der Waals surface area contributed by atoms with Crippen LogP contribution in [-0.4, -0.2) is 24.5 Å². The van der Waals surface area contributed by atoms with Gasteiger partial charge in [0.1, 0.15) is 0 Å². The Hall–Kier alpha value is -0.0400. The predicted octanol–water partition coefficient (Wildman–Crippen LogP) is 2.76. The van der Waals surface area contributed by atoms with Gasteiger partial charge < -0.3 is 4.90 Å². The zero-order valence-electron chi connectivity index (χ0n) is 8.56. The lowest BCUT2D eigenvalue weighted by Crippen LogP contribution is -2.33. The van der Waals surface area contributed by atoms with Crippen LogP contribution in [0.3, 0.4) is 0 Å². The van der Waals surface area contributed by atoms with Crippen LogP contribution in [0, 0.1) is 5.92 Å². The average molecular weight is 157 g/mol. The topological polar surface area (TPSA) is 3.24 Å². The standard InChI is InChI=1S/C8H17N.C2H6/c1-3-9-6-4-5-8(2)7-9;1-2/h8H,3-7H2,1-2H3;1-2H3/t8-;/m1./s1. The second-order valence-electron chi connectivity index (χ2n) is 3.14. The van der Waals surface area contributed by atoms with E-state index in [1.807, 2.05) is 13.8 Å². The minimum absolute atomic E-state index is 0.943. The second kappa shape index (κ2) is 6.66. The Labute approximate surface area is 71.8 Å². The van der Waals surface area contributed by atoms with E-state index in [9.17, 15) is 0 Å². The Morgan fingerprint density at radius 2 is 2.00 bits per heavy atom. The summed E-state index contributed by atoms with van der Waals surface area (Å²) in [5.41, 5.74) is 0. The molecule has 1 fully saturated rings. The van der Waals surface area contributed by atoms with E-state index in [0.29, 0.717) is 0 Å². The fraction of sp³-hybridized carbons (Fsp3) is 1.00. The Morgan fingerprint density at radius 1 is 1.36 bits per heavy atom. The first kappa shape index (κ1) is 11.0. The van der Waals surface area contributed by atoms with E-state index in [1.54, 1.807) is 0 Å². The van der Waals surface area contributed by atoms with Gasteiger partial charge in [-0.15, -0.1) is 0 Å². The molecule has 0 saturated carbocycles. The highest BCUT2D eigenvalue weighted by atomic mass is 15.1. The van der Waals surface area contributed by atoms with Gasteiger partial charge in [0.25, 0.3) is 0 Å². The maximum Gasteiger partial charge on any atom is 0.000691 e. The van der Waals surface area contributed by atoms with Crippen molar-refractivity contribution in [3.05, 3.63) is 0 Å². The summed E-state index contributed by atoms with van der Waals surface area (Å²) in [6.07, 6.45) is 2.85. The first-order valence-corrected chi connectivity index (χ1v) is 5.05. The van der Waals surface area contributed by atoms with E-state index in [2.05, 4.69) is 18.7 Å². The van der Waals surface area contributed by atoms with E-state index < -0.39 is 0 Å². The van der Waals surface area contributed by atoms with Gasteiger partial charge in [0.2, 0.25) is 0 Å². The number of hydrogen-bond acceptors (Lipinski definition) is 1. The van der Waals surface area contributed by atoms with Gasteiger partial charge in [0, 0.05) is 6.54 Å². The molecule has 0 radical (unpaired) electrons. The van der Waals surface area contributed by atoms with Crippen LogP contribution in [0.5, 0.6) is 0 Å². The molecular weight excluding hydrogens is 134 g/mol. The summed E-state index contributed by atoms with van der Waals surface area (Å²) in [5, 5.41) is 0. The minimum Gasteiger partial charge on any atom is -0.303 e. The monoisotopic (exact) mass is 157 g/mol. The molecular formula is C10H23N. The summed E-state index contributed by atoms with van der Waals surface area (Å²) in [4.78, 5) is 2.54. The molecule has 11 heavy (non-hydrogen) atoms. The van der Waals surface area contributed by atoms with Gasteiger partial charge in [-0.05, 0) is 31.8 Å². The van der Waals surface area contributed by atoms with Crippen LogP contribution in [0.2, 0.25) is 0 Å². The number of rotatable bonds is 1. The van der Waals surface area contributed by atoms with Crippen molar-refractivity contribution >= 4 is 0 Å². The third kappa shape index (κ3) is 4.41. The molecule has 0 aromatic heterocycles. The molecule has 1 aliphatic heterocycles. The van der Waals surface area contributed by atoms with Gasteiger partial charge in [-0.1, -0.05) is 27.7 Å². The van der Waals surface area contributed by atoms with E-state index in [1.165, 1.54) is 32.5 Å². The molecule has 0 aromatic carbocycles. The molecule has 0 aromatic rings. The third-order valence-electron chi connectivity index (χ3n) is 2.19. The van der Waals surface area contributed by atoms with Crippen LogP contribution < -0.4 is 0 Å². The van der Waals surface area contributed by atoms with Crippen LogP contribution in [0.15, 0.2) is 0 Å². The fourth-order valence-corrected chi connectivity index (χ4v) is 1.57. The molecule has 0 bridgehead atoms. The van der Waals surface area contributed by atoms with Crippen LogP contribution in [0.4, 0.5) is 0 Å². The molecule has 1 saturated heterocycles. The van der Waals surface area contributed by atoms with E-state index in [0.717, 1.165) is 5.92 Å².